The molecule has 0 heterocycles. The van der Waals surface area contributed by atoms with Gasteiger partial charge in [0.1, 0.15) is 14.1 Å². The predicted octanol–water partition coefficient (Wildman–Crippen LogP) is 3.59. The third-order valence-corrected chi connectivity index (χ3v) is 6.55. The van der Waals surface area contributed by atoms with E-state index in [4.69, 9.17) is 8.92 Å². The number of esters is 1. The number of benzene rings is 1. The summed E-state index contributed by atoms with van der Waals surface area (Å²) < 4.78 is 45.9. The minimum absolute atomic E-state index is 0.0655. The molecule has 0 N–H and O–H groups in total. The zero-order valence-electron chi connectivity index (χ0n) is 15.0. The Morgan fingerprint density at radius 2 is 1.84 bits per heavy atom. The monoisotopic (exact) mass is 390 g/mol. The molecule has 25 heavy (non-hydrogen) atoms. The zero-order valence-corrected chi connectivity index (χ0v) is 16.8. The second-order valence-electron chi connectivity index (χ2n) is 6.06. The van der Waals surface area contributed by atoms with Crippen molar-refractivity contribution < 1.29 is 26.7 Å². The van der Waals surface area contributed by atoms with E-state index in [1.165, 1.54) is 12.1 Å². The van der Waals surface area contributed by atoms with Gasteiger partial charge in [0.15, 0.2) is 0 Å². The number of rotatable bonds is 11. The van der Waals surface area contributed by atoms with E-state index in [-0.39, 0.29) is 23.1 Å². The lowest BCUT2D eigenvalue weighted by Gasteiger charge is -2.11. The molecule has 6 nitrogen and oxygen atoms in total. The van der Waals surface area contributed by atoms with Gasteiger partial charge in [0.25, 0.3) is 10.1 Å². The first-order valence-electron chi connectivity index (χ1n) is 8.38. The molecule has 2 unspecified atom stereocenters. The lowest BCUT2D eigenvalue weighted by molar-refractivity contribution is -0.143. The van der Waals surface area contributed by atoms with Crippen molar-refractivity contribution in [1.29, 1.82) is 0 Å². The molecule has 0 fully saturated rings. The summed E-state index contributed by atoms with van der Waals surface area (Å²) in [4.78, 5) is 11.4. The van der Waals surface area contributed by atoms with E-state index in [2.05, 4.69) is 0 Å². The van der Waals surface area contributed by atoms with E-state index < -0.39 is 17.9 Å². The second-order valence-corrected chi connectivity index (χ2v) is 9.54. The van der Waals surface area contributed by atoms with Crippen molar-refractivity contribution in [3.05, 3.63) is 29.8 Å². The molecule has 0 bridgehead atoms. The first-order valence-corrected chi connectivity index (χ1v) is 11.6. The standard InChI is InChI=1S/C17H27O6PS/c1-4-22-17(18)10-7-15(3)11-12-24(19)13-23-25(20,21)16-8-5-14(2)6-9-16/h5-6,8-9,15,24H,4,7,10-13H2,1-3H3. The molecule has 8 heteroatoms. The molecule has 0 amide bonds. The number of carbonyl (C=O) groups excluding carboxylic acids is 1. The van der Waals surface area contributed by atoms with Gasteiger partial charge in [-0.1, -0.05) is 24.6 Å². The number of hydrogen-bond acceptors (Lipinski definition) is 6. The van der Waals surface area contributed by atoms with Crippen LogP contribution in [0, 0.1) is 12.8 Å². The van der Waals surface area contributed by atoms with E-state index in [0.717, 1.165) is 5.56 Å². The van der Waals surface area contributed by atoms with E-state index in [1.807, 2.05) is 13.8 Å². The second kappa shape index (κ2) is 10.7. The van der Waals surface area contributed by atoms with Gasteiger partial charge in [-0.15, -0.1) is 0 Å². The summed E-state index contributed by atoms with van der Waals surface area (Å²) in [7, 11) is -6.02. The minimum Gasteiger partial charge on any atom is -0.466 e. The van der Waals surface area contributed by atoms with Crippen molar-refractivity contribution in [2.24, 2.45) is 5.92 Å². The molecule has 0 saturated heterocycles. The van der Waals surface area contributed by atoms with Crippen LogP contribution < -0.4 is 0 Å². The summed E-state index contributed by atoms with van der Waals surface area (Å²) in [6, 6.07) is 6.31. The molecule has 0 aromatic heterocycles. The summed E-state index contributed by atoms with van der Waals surface area (Å²) in [5, 5.41) is 0. The highest BCUT2D eigenvalue weighted by Gasteiger charge is 2.17. The highest BCUT2D eigenvalue weighted by molar-refractivity contribution is 7.87. The lowest BCUT2D eigenvalue weighted by Crippen LogP contribution is -2.08. The van der Waals surface area contributed by atoms with Gasteiger partial charge in [0, 0.05) is 12.6 Å². The largest absolute Gasteiger partial charge is 0.466 e. The van der Waals surface area contributed by atoms with Crippen molar-refractivity contribution in [1.82, 2.24) is 0 Å². The maximum absolute atomic E-state index is 12.0. The molecule has 0 radical (unpaired) electrons. The van der Waals surface area contributed by atoms with Crippen molar-refractivity contribution in [3.8, 4) is 0 Å². The normalized spacial score (nSPS) is 14.0. The average molecular weight is 390 g/mol. The molecular weight excluding hydrogens is 363 g/mol. The minimum atomic E-state index is -3.87. The van der Waals surface area contributed by atoms with Gasteiger partial charge >= 0.3 is 5.97 Å². The predicted molar refractivity (Wildman–Crippen MR) is 97.8 cm³/mol. The van der Waals surface area contributed by atoms with Gasteiger partial charge < -0.3 is 9.30 Å². The van der Waals surface area contributed by atoms with Crippen LogP contribution in [0.25, 0.3) is 0 Å². The third kappa shape index (κ3) is 8.66. The van der Waals surface area contributed by atoms with Crippen molar-refractivity contribution in [2.45, 2.75) is 44.9 Å². The quantitative estimate of drug-likeness (QED) is 0.326. The Hall–Kier alpha value is -1.17. The molecule has 1 aromatic carbocycles. The molecule has 0 spiro atoms. The summed E-state index contributed by atoms with van der Waals surface area (Å²) in [6.07, 6.45) is 1.78. The topological polar surface area (TPSA) is 86.7 Å². The van der Waals surface area contributed by atoms with E-state index in [1.54, 1.807) is 19.1 Å². The third-order valence-electron chi connectivity index (χ3n) is 3.75. The molecule has 0 aliphatic rings. The molecule has 0 aliphatic carbocycles. The lowest BCUT2D eigenvalue weighted by atomic mass is 10.0. The van der Waals surface area contributed by atoms with Crippen molar-refractivity contribution in [2.75, 3.05) is 19.1 Å². The van der Waals surface area contributed by atoms with E-state index in [9.17, 15) is 17.8 Å². The average Bonchev–Trinajstić information content (AvgIpc) is 2.57. The Labute approximate surface area is 150 Å². The molecule has 0 aliphatic heterocycles. The van der Waals surface area contributed by atoms with Gasteiger partial charge in [-0.2, -0.15) is 8.42 Å². The van der Waals surface area contributed by atoms with Gasteiger partial charge in [-0.25, -0.2) is 0 Å². The Bertz CT molecular complexity index is 669. The maximum atomic E-state index is 12.0. The van der Waals surface area contributed by atoms with Gasteiger partial charge in [0.05, 0.1) is 11.5 Å². The number of aryl methyl sites for hydroxylation is 1. The number of hydrogen-bond donors (Lipinski definition) is 0. The highest BCUT2D eigenvalue weighted by Crippen LogP contribution is 2.27. The van der Waals surface area contributed by atoms with Crippen LogP contribution in [0.2, 0.25) is 0 Å². The van der Waals surface area contributed by atoms with Crippen LogP contribution in [0.4, 0.5) is 0 Å². The summed E-state index contributed by atoms with van der Waals surface area (Å²) in [6.45, 7) is 5.96. The van der Waals surface area contributed by atoms with E-state index in [0.29, 0.717) is 32.0 Å². The maximum Gasteiger partial charge on any atom is 0.305 e. The van der Waals surface area contributed by atoms with Crippen LogP contribution in [-0.4, -0.2) is 33.5 Å². The summed E-state index contributed by atoms with van der Waals surface area (Å²) >= 11 is 0. The number of carbonyl (C=O) groups is 1. The number of ether oxygens (including phenoxy) is 1. The fraction of sp³-hybridized carbons (Fsp3) is 0.588. The van der Waals surface area contributed by atoms with Crippen LogP contribution in [0.3, 0.4) is 0 Å². The SMILES string of the molecule is CCOC(=O)CCC(C)CC[PH](=O)COS(=O)(=O)c1ccc(C)cc1. The molecule has 142 valence electrons. The molecule has 1 rings (SSSR count). The summed E-state index contributed by atoms with van der Waals surface area (Å²) in [5.41, 5.74) is 0.948. The Kier molecular flexibility index (Phi) is 9.39. The van der Waals surface area contributed by atoms with Crippen molar-refractivity contribution >= 4 is 23.9 Å². The Morgan fingerprint density at radius 3 is 2.44 bits per heavy atom. The molecule has 1 aromatic rings. The van der Waals surface area contributed by atoms with Crippen LogP contribution in [-0.2, 0) is 28.4 Å². The molecule has 0 saturated carbocycles. The molecular formula is C17H27O6PS. The van der Waals surface area contributed by atoms with Crippen LogP contribution >= 0.6 is 7.80 Å². The van der Waals surface area contributed by atoms with Gasteiger partial charge in [-0.3, -0.25) is 8.98 Å². The van der Waals surface area contributed by atoms with Crippen LogP contribution in [0.5, 0.6) is 0 Å². The smallest absolute Gasteiger partial charge is 0.305 e. The fourth-order valence-corrected chi connectivity index (χ4v) is 4.85. The Morgan fingerprint density at radius 1 is 1.20 bits per heavy atom. The first kappa shape index (κ1) is 21.9. The first-order chi connectivity index (χ1) is 11.7. The highest BCUT2D eigenvalue weighted by atomic mass is 32.2. The molecule has 2 atom stereocenters. The summed E-state index contributed by atoms with van der Waals surface area (Å²) in [5.74, 6) is -0.0124. The zero-order chi connectivity index (χ0) is 18.9. The van der Waals surface area contributed by atoms with Crippen LogP contribution in [0.1, 0.15) is 38.7 Å². The fourth-order valence-electron chi connectivity index (χ4n) is 2.14. The van der Waals surface area contributed by atoms with E-state index >= 15 is 0 Å². The van der Waals surface area contributed by atoms with Crippen molar-refractivity contribution in [3.63, 3.8) is 0 Å². The van der Waals surface area contributed by atoms with Gasteiger partial charge in [0.2, 0.25) is 0 Å². The van der Waals surface area contributed by atoms with Crippen LogP contribution in [0.15, 0.2) is 29.2 Å². The van der Waals surface area contributed by atoms with Gasteiger partial charge in [-0.05, 0) is 44.7 Å². The Balaban J connectivity index is 2.34.